The largest absolute Gasteiger partial charge is 0.374 e. The molecule has 0 amide bonds. The Kier molecular flexibility index (Phi) is 4.62. The molecule has 3 atom stereocenters. The Bertz CT molecular complexity index is 210. The number of likely N-dealkylation sites (tertiary alicyclic amines) is 1. The van der Waals surface area contributed by atoms with Crippen molar-refractivity contribution in [3.63, 3.8) is 0 Å². The highest BCUT2D eigenvalue weighted by atomic mass is 16.5. The lowest BCUT2D eigenvalue weighted by Crippen LogP contribution is -2.32. The van der Waals surface area contributed by atoms with Crippen LogP contribution in [0.25, 0.3) is 0 Å². The number of rotatable bonds is 5. The molecule has 0 bridgehead atoms. The van der Waals surface area contributed by atoms with Gasteiger partial charge in [-0.1, -0.05) is 6.92 Å². The van der Waals surface area contributed by atoms with Crippen molar-refractivity contribution in [2.75, 3.05) is 32.7 Å². The Balaban J connectivity index is 1.55. The highest BCUT2D eigenvalue weighted by Gasteiger charge is 2.23. The molecule has 3 unspecified atom stereocenters. The predicted molar refractivity (Wildman–Crippen MR) is 66.7 cm³/mol. The van der Waals surface area contributed by atoms with E-state index in [1.807, 2.05) is 0 Å². The predicted octanol–water partition coefficient (Wildman–Crippen LogP) is 1.49. The summed E-state index contributed by atoms with van der Waals surface area (Å²) in [6, 6.07) is 0. The van der Waals surface area contributed by atoms with Crippen molar-refractivity contribution in [1.82, 2.24) is 10.2 Å². The second-order valence-corrected chi connectivity index (χ2v) is 5.35. The van der Waals surface area contributed by atoms with Gasteiger partial charge in [0.15, 0.2) is 0 Å². The standard InChI is InChI=1S/C13H26N2O/c1-3-15-7-6-12(10-15)8-14-9-13-5-4-11(2)16-13/h11-14H,3-10H2,1-2H3. The van der Waals surface area contributed by atoms with Crippen molar-refractivity contribution < 1.29 is 4.74 Å². The van der Waals surface area contributed by atoms with E-state index in [9.17, 15) is 0 Å². The molecule has 0 radical (unpaired) electrons. The van der Waals surface area contributed by atoms with Gasteiger partial charge in [-0.2, -0.15) is 0 Å². The summed E-state index contributed by atoms with van der Waals surface area (Å²) in [5, 5.41) is 3.58. The van der Waals surface area contributed by atoms with Crippen LogP contribution in [0.5, 0.6) is 0 Å². The van der Waals surface area contributed by atoms with E-state index in [0.29, 0.717) is 12.2 Å². The van der Waals surface area contributed by atoms with Crippen LogP contribution in [0, 0.1) is 5.92 Å². The van der Waals surface area contributed by atoms with Crippen LogP contribution in [0.1, 0.15) is 33.1 Å². The van der Waals surface area contributed by atoms with Gasteiger partial charge < -0.3 is 15.0 Å². The van der Waals surface area contributed by atoms with Crippen LogP contribution in [-0.4, -0.2) is 49.8 Å². The molecule has 0 aromatic carbocycles. The van der Waals surface area contributed by atoms with Crippen molar-refractivity contribution in [3.8, 4) is 0 Å². The molecule has 0 aromatic rings. The zero-order valence-corrected chi connectivity index (χ0v) is 10.7. The van der Waals surface area contributed by atoms with Crippen molar-refractivity contribution in [1.29, 1.82) is 0 Å². The first-order chi connectivity index (χ1) is 7.78. The smallest absolute Gasteiger partial charge is 0.0704 e. The maximum absolute atomic E-state index is 5.80. The number of ether oxygens (including phenoxy) is 1. The van der Waals surface area contributed by atoms with E-state index in [0.717, 1.165) is 12.5 Å². The van der Waals surface area contributed by atoms with Crippen LogP contribution in [0.2, 0.25) is 0 Å². The SMILES string of the molecule is CCN1CCC(CNCC2CCC(C)O2)C1. The van der Waals surface area contributed by atoms with E-state index in [-0.39, 0.29) is 0 Å². The van der Waals surface area contributed by atoms with Gasteiger partial charge in [0.2, 0.25) is 0 Å². The van der Waals surface area contributed by atoms with Crippen molar-refractivity contribution in [2.24, 2.45) is 5.92 Å². The highest BCUT2D eigenvalue weighted by Crippen LogP contribution is 2.19. The van der Waals surface area contributed by atoms with Gasteiger partial charge in [0.05, 0.1) is 12.2 Å². The Morgan fingerprint density at radius 3 is 2.75 bits per heavy atom. The molecule has 94 valence electrons. The first-order valence-corrected chi connectivity index (χ1v) is 6.86. The van der Waals surface area contributed by atoms with Crippen molar-refractivity contribution in [3.05, 3.63) is 0 Å². The van der Waals surface area contributed by atoms with E-state index in [4.69, 9.17) is 4.74 Å². The molecule has 2 saturated heterocycles. The normalized spacial score (nSPS) is 36.0. The monoisotopic (exact) mass is 226 g/mol. The highest BCUT2D eigenvalue weighted by molar-refractivity contribution is 4.78. The van der Waals surface area contributed by atoms with Gasteiger partial charge in [-0.25, -0.2) is 0 Å². The Hall–Kier alpha value is -0.120. The average Bonchev–Trinajstić information content (AvgIpc) is 2.88. The topological polar surface area (TPSA) is 24.5 Å². The molecule has 16 heavy (non-hydrogen) atoms. The van der Waals surface area contributed by atoms with Crippen LogP contribution < -0.4 is 5.32 Å². The minimum Gasteiger partial charge on any atom is -0.374 e. The lowest BCUT2D eigenvalue weighted by atomic mass is 10.1. The van der Waals surface area contributed by atoms with Gasteiger partial charge in [0.1, 0.15) is 0 Å². The van der Waals surface area contributed by atoms with Crippen LogP contribution in [0.4, 0.5) is 0 Å². The minimum absolute atomic E-state index is 0.471. The minimum atomic E-state index is 0.471. The molecule has 2 aliphatic heterocycles. The quantitative estimate of drug-likeness (QED) is 0.768. The van der Waals surface area contributed by atoms with Gasteiger partial charge >= 0.3 is 0 Å². The van der Waals surface area contributed by atoms with E-state index >= 15 is 0 Å². The zero-order chi connectivity index (χ0) is 11.4. The average molecular weight is 226 g/mol. The first-order valence-electron chi connectivity index (χ1n) is 6.86. The maximum Gasteiger partial charge on any atom is 0.0704 e. The number of hydrogen-bond acceptors (Lipinski definition) is 3. The molecule has 2 heterocycles. The van der Waals surface area contributed by atoms with Crippen LogP contribution in [0.15, 0.2) is 0 Å². The molecule has 0 saturated carbocycles. The van der Waals surface area contributed by atoms with Crippen molar-refractivity contribution >= 4 is 0 Å². The summed E-state index contributed by atoms with van der Waals surface area (Å²) < 4.78 is 5.80. The van der Waals surface area contributed by atoms with Crippen LogP contribution in [-0.2, 0) is 4.74 Å². The van der Waals surface area contributed by atoms with Crippen LogP contribution in [0.3, 0.4) is 0 Å². The fourth-order valence-electron chi connectivity index (χ4n) is 2.85. The second-order valence-electron chi connectivity index (χ2n) is 5.35. The Morgan fingerprint density at radius 2 is 2.12 bits per heavy atom. The molecular formula is C13H26N2O. The molecule has 3 nitrogen and oxygen atoms in total. The van der Waals surface area contributed by atoms with Gasteiger partial charge in [-0.05, 0) is 51.7 Å². The lowest BCUT2D eigenvalue weighted by Gasteiger charge is -2.16. The Labute approximate surface area is 99.5 Å². The number of nitrogens with zero attached hydrogens (tertiary/aromatic N) is 1. The van der Waals surface area contributed by atoms with Gasteiger partial charge in [0, 0.05) is 13.1 Å². The third-order valence-electron chi connectivity index (χ3n) is 3.94. The third-order valence-corrected chi connectivity index (χ3v) is 3.94. The fourth-order valence-corrected chi connectivity index (χ4v) is 2.85. The summed E-state index contributed by atoms with van der Waals surface area (Å²) >= 11 is 0. The molecule has 2 fully saturated rings. The molecule has 2 rings (SSSR count). The second kappa shape index (κ2) is 5.99. The van der Waals surface area contributed by atoms with E-state index in [1.165, 1.54) is 45.4 Å². The zero-order valence-electron chi connectivity index (χ0n) is 10.7. The molecular weight excluding hydrogens is 200 g/mol. The lowest BCUT2D eigenvalue weighted by molar-refractivity contribution is 0.0556. The number of nitrogens with one attached hydrogen (secondary N) is 1. The molecule has 0 aliphatic carbocycles. The van der Waals surface area contributed by atoms with Gasteiger partial charge in [0.25, 0.3) is 0 Å². The molecule has 0 spiro atoms. The summed E-state index contributed by atoms with van der Waals surface area (Å²) in [4.78, 5) is 2.54. The summed E-state index contributed by atoms with van der Waals surface area (Å²) in [5.41, 5.74) is 0. The first kappa shape index (κ1) is 12.3. The van der Waals surface area contributed by atoms with Gasteiger partial charge in [-0.15, -0.1) is 0 Å². The third kappa shape index (κ3) is 3.44. The van der Waals surface area contributed by atoms with Gasteiger partial charge in [-0.3, -0.25) is 0 Å². The summed E-state index contributed by atoms with van der Waals surface area (Å²) in [6.07, 6.45) is 4.79. The van der Waals surface area contributed by atoms with Crippen LogP contribution >= 0.6 is 0 Å². The van der Waals surface area contributed by atoms with E-state index in [1.54, 1.807) is 0 Å². The molecule has 1 N–H and O–H groups in total. The molecule has 2 aliphatic rings. The Morgan fingerprint density at radius 1 is 1.25 bits per heavy atom. The number of hydrogen-bond donors (Lipinski definition) is 1. The summed E-state index contributed by atoms with van der Waals surface area (Å²) in [7, 11) is 0. The molecule has 0 aromatic heterocycles. The van der Waals surface area contributed by atoms with Crippen molar-refractivity contribution in [2.45, 2.75) is 45.3 Å². The summed E-state index contributed by atoms with van der Waals surface area (Å²) in [5.74, 6) is 0.860. The van der Waals surface area contributed by atoms with E-state index in [2.05, 4.69) is 24.1 Å². The maximum atomic E-state index is 5.80. The molecule has 3 heteroatoms. The van der Waals surface area contributed by atoms with E-state index < -0.39 is 0 Å². The fraction of sp³-hybridized carbons (Fsp3) is 1.00. The summed E-state index contributed by atoms with van der Waals surface area (Å²) in [6.45, 7) is 10.4.